The molecule has 142 valence electrons. The Kier molecular flexibility index (Phi) is 5.96. The number of hydrogen-bond donors (Lipinski definition) is 2. The van der Waals surface area contributed by atoms with E-state index in [-0.39, 0.29) is 17.5 Å². The molecule has 2 N–H and O–H groups in total. The maximum Gasteiger partial charge on any atom is 0.274 e. The first-order valence-electron chi connectivity index (χ1n) is 8.91. The minimum absolute atomic E-state index is 0.176. The highest BCUT2D eigenvalue weighted by atomic mass is 16.2. The molecule has 0 saturated carbocycles. The van der Waals surface area contributed by atoms with Crippen molar-refractivity contribution in [2.45, 2.75) is 13.8 Å². The average molecular weight is 375 g/mol. The Balaban J connectivity index is 1.80. The molecule has 0 atom stereocenters. The smallest absolute Gasteiger partial charge is 0.274 e. The van der Waals surface area contributed by atoms with Gasteiger partial charge in [0.05, 0.1) is 0 Å². The highest BCUT2D eigenvalue weighted by Gasteiger charge is 2.14. The zero-order valence-corrected chi connectivity index (χ0v) is 15.7. The maximum atomic E-state index is 12.6. The lowest BCUT2D eigenvalue weighted by Gasteiger charge is -2.21. The van der Waals surface area contributed by atoms with E-state index in [1.807, 2.05) is 42.2 Å². The van der Waals surface area contributed by atoms with Crippen molar-refractivity contribution in [3.8, 4) is 0 Å². The first-order chi connectivity index (χ1) is 13.6. The van der Waals surface area contributed by atoms with Gasteiger partial charge in [-0.3, -0.25) is 9.59 Å². The van der Waals surface area contributed by atoms with Crippen molar-refractivity contribution in [3.63, 3.8) is 0 Å². The number of anilines is 4. The molecule has 0 saturated heterocycles. The minimum atomic E-state index is -0.354. The van der Waals surface area contributed by atoms with Crippen molar-refractivity contribution in [3.05, 3.63) is 72.6 Å². The predicted octanol–water partition coefficient (Wildman–Crippen LogP) is 3.85. The summed E-state index contributed by atoms with van der Waals surface area (Å²) in [6, 6.07) is 18.2. The van der Waals surface area contributed by atoms with Crippen molar-refractivity contribution in [2.75, 3.05) is 22.1 Å². The third-order valence-electron chi connectivity index (χ3n) is 3.94. The minimum Gasteiger partial charge on any atom is -0.326 e. The Morgan fingerprint density at radius 3 is 2.36 bits per heavy atom. The van der Waals surface area contributed by atoms with Gasteiger partial charge in [0.2, 0.25) is 11.9 Å². The first-order valence-corrected chi connectivity index (χ1v) is 8.91. The molecule has 7 heteroatoms. The van der Waals surface area contributed by atoms with E-state index < -0.39 is 0 Å². The van der Waals surface area contributed by atoms with Crippen LogP contribution in [-0.2, 0) is 4.79 Å². The number of nitrogens with zero attached hydrogens (tertiary/aromatic N) is 3. The van der Waals surface area contributed by atoms with Gasteiger partial charge in [0.15, 0.2) is 0 Å². The molecule has 0 bridgehead atoms. The number of carbonyl (C=O) groups is 2. The number of rotatable bonds is 6. The third kappa shape index (κ3) is 4.70. The van der Waals surface area contributed by atoms with Crippen LogP contribution < -0.4 is 15.5 Å². The normalized spacial score (nSPS) is 10.2. The second-order valence-corrected chi connectivity index (χ2v) is 6.04. The van der Waals surface area contributed by atoms with Gasteiger partial charge in [-0.05, 0) is 43.3 Å². The highest BCUT2D eigenvalue weighted by molar-refractivity contribution is 6.03. The zero-order valence-electron chi connectivity index (χ0n) is 15.7. The summed E-state index contributed by atoms with van der Waals surface area (Å²) in [5, 5.41) is 5.48. The van der Waals surface area contributed by atoms with E-state index in [0.717, 1.165) is 5.69 Å². The standard InChI is InChI=1S/C21H21N5O2/c1-3-26(18-10-5-4-6-11-18)21-22-13-12-19(25-21)20(28)24-17-9-7-8-16(14-17)23-15(2)27/h4-14H,3H2,1-2H3,(H,23,27)(H,24,28). The molecule has 1 aromatic heterocycles. The van der Waals surface area contributed by atoms with E-state index in [0.29, 0.717) is 23.9 Å². The Hall–Kier alpha value is -3.74. The summed E-state index contributed by atoms with van der Waals surface area (Å²) >= 11 is 0. The summed E-state index contributed by atoms with van der Waals surface area (Å²) in [4.78, 5) is 34.5. The molecule has 3 rings (SSSR count). The molecule has 28 heavy (non-hydrogen) atoms. The fraction of sp³-hybridized carbons (Fsp3) is 0.143. The summed E-state index contributed by atoms with van der Waals surface area (Å²) in [6.07, 6.45) is 1.57. The fourth-order valence-electron chi connectivity index (χ4n) is 2.73. The van der Waals surface area contributed by atoms with Crippen LogP contribution in [-0.4, -0.2) is 28.3 Å². The van der Waals surface area contributed by atoms with Crippen LogP contribution in [0.1, 0.15) is 24.3 Å². The van der Waals surface area contributed by atoms with Crippen molar-refractivity contribution in [1.82, 2.24) is 9.97 Å². The van der Waals surface area contributed by atoms with Crippen molar-refractivity contribution >= 4 is 34.8 Å². The van der Waals surface area contributed by atoms with Gasteiger partial charge in [0, 0.05) is 36.7 Å². The second-order valence-electron chi connectivity index (χ2n) is 6.04. The monoisotopic (exact) mass is 375 g/mol. The van der Waals surface area contributed by atoms with Gasteiger partial charge in [-0.2, -0.15) is 0 Å². The fourth-order valence-corrected chi connectivity index (χ4v) is 2.73. The van der Waals surface area contributed by atoms with E-state index in [1.54, 1.807) is 36.5 Å². The Morgan fingerprint density at radius 1 is 0.964 bits per heavy atom. The zero-order chi connectivity index (χ0) is 19.9. The summed E-state index contributed by atoms with van der Waals surface area (Å²) in [5.74, 6) is -0.0782. The first kappa shape index (κ1) is 19.0. The summed E-state index contributed by atoms with van der Waals surface area (Å²) < 4.78 is 0. The van der Waals surface area contributed by atoms with Crippen LogP contribution in [0.3, 0.4) is 0 Å². The molecule has 0 aliphatic carbocycles. The van der Waals surface area contributed by atoms with Gasteiger partial charge in [0.25, 0.3) is 5.91 Å². The van der Waals surface area contributed by atoms with Gasteiger partial charge in [-0.15, -0.1) is 0 Å². The largest absolute Gasteiger partial charge is 0.326 e. The third-order valence-corrected chi connectivity index (χ3v) is 3.94. The van der Waals surface area contributed by atoms with Crippen LogP contribution >= 0.6 is 0 Å². The van der Waals surface area contributed by atoms with Gasteiger partial charge in [-0.1, -0.05) is 24.3 Å². The second kappa shape index (κ2) is 8.77. The van der Waals surface area contributed by atoms with Crippen LogP contribution in [0.25, 0.3) is 0 Å². The molecule has 0 radical (unpaired) electrons. The molecule has 0 aliphatic rings. The summed E-state index contributed by atoms with van der Waals surface area (Å²) in [7, 11) is 0. The van der Waals surface area contributed by atoms with E-state index in [2.05, 4.69) is 20.6 Å². The molecule has 1 heterocycles. The summed E-state index contributed by atoms with van der Waals surface area (Å²) in [5.41, 5.74) is 2.37. The Labute approximate surface area is 163 Å². The quantitative estimate of drug-likeness (QED) is 0.683. The number of amides is 2. The average Bonchev–Trinajstić information content (AvgIpc) is 2.69. The molecule has 0 spiro atoms. The van der Waals surface area contributed by atoms with Crippen LogP contribution in [0, 0.1) is 0 Å². The van der Waals surface area contributed by atoms with Gasteiger partial charge < -0.3 is 15.5 Å². The maximum absolute atomic E-state index is 12.6. The van der Waals surface area contributed by atoms with Crippen LogP contribution in [0.15, 0.2) is 66.9 Å². The molecule has 2 aromatic carbocycles. The molecule has 2 amide bonds. The Bertz CT molecular complexity index is 975. The number of aromatic nitrogens is 2. The molecule has 3 aromatic rings. The van der Waals surface area contributed by atoms with Gasteiger partial charge in [-0.25, -0.2) is 9.97 Å². The lowest BCUT2D eigenvalue weighted by molar-refractivity contribution is -0.114. The van der Waals surface area contributed by atoms with E-state index >= 15 is 0 Å². The lowest BCUT2D eigenvalue weighted by Crippen LogP contribution is -2.21. The SMILES string of the molecule is CCN(c1ccccc1)c1nccc(C(=O)Nc2cccc(NC(C)=O)c2)n1. The van der Waals surface area contributed by atoms with E-state index in [4.69, 9.17) is 0 Å². The number of benzene rings is 2. The summed E-state index contributed by atoms with van der Waals surface area (Å²) in [6.45, 7) is 4.09. The van der Waals surface area contributed by atoms with Crippen LogP contribution in [0.5, 0.6) is 0 Å². The van der Waals surface area contributed by atoms with Crippen molar-refractivity contribution in [1.29, 1.82) is 0 Å². The van der Waals surface area contributed by atoms with Crippen LogP contribution in [0.2, 0.25) is 0 Å². The molecule has 0 fully saturated rings. The molecular weight excluding hydrogens is 354 g/mol. The number of para-hydroxylation sites is 1. The number of carbonyl (C=O) groups excluding carboxylic acids is 2. The number of nitrogens with one attached hydrogen (secondary N) is 2. The van der Waals surface area contributed by atoms with Gasteiger partial charge in [0.1, 0.15) is 5.69 Å². The predicted molar refractivity (Wildman–Crippen MR) is 110 cm³/mol. The molecule has 7 nitrogen and oxygen atoms in total. The number of hydrogen-bond acceptors (Lipinski definition) is 5. The molecule has 0 unspecified atom stereocenters. The molecular formula is C21H21N5O2. The highest BCUT2D eigenvalue weighted by Crippen LogP contribution is 2.21. The molecule has 0 aliphatic heterocycles. The lowest BCUT2D eigenvalue weighted by atomic mass is 10.2. The van der Waals surface area contributed by atoms with Crippen molar-refractivity contribution in [2.24, 2.45) is 0 Å². The van der Waals surface area contributed by atoms with E-state index in [9.17, 15) is 9.59 Å². The van der Waals surface area contributed by atoms with Gasteiger partial charge >= 0.3 is 0 Å². The van der Waals surface area contributed by atoms with Crippen LogP contribution in [0.4, 0.5) is 23.0 Å². The topological polar surface area (TPSA) is 87.2 Å². The Morgan fingerprint density at radius 2 is 1.68 bits per heavy atom. The van der Waals surface area contributed by atoms with E-state index in [1.165, 1.54) is 6.92 Å². The van der Waals surface area contributed by atoms with Crippen molar-refractivity contribution < 1.29 is 9.59 Å².